The van der Waals surface area contributed by atoms with Gasteiger partial charge < -0.3 is 10.5 Å². The van der Waals surface area contributed by atoms with Crippen molar-refractivity contribution in [3.8, 4) is 0 Å². The molecule has 2 rings (SSSR count). The van der Waals surface area contributed by atoms with Crippen LogP contribution < -0.4 is 5.73 Å². The number of carbonyl (C=O) groups is 1. The SMILES string of the molecule is COC(=O)c1cc(F)c(N)c(C2=CCC=N2)c1. The fourth-order valence-electron chi connectivity index (χ4n) is 1.61. The summed E-state index contributed by atoms with van der Waals surface area (Å²) in [5, 5.41) is 0. The molecule has 0 spiro atoms. The van der Waals surface area contributed by atoms with Gasteiger partial charge in [-0.3, -0.25) is 4.99 Å². The van der Waals surface area contributed by atoms with E-state index in [0.29, 0.717) is 17.7 Å². The first-order chi connectivity index (χ1) is 8.13. The summed E-state index contributed by atoms with van der Waals surface area (Å²) in [6.07, 6.45) is 4.18. The van der Waals surface area contributed by atoms with Gasteiger partial charge in [-0.2, -0.15) is 0 Å². The molecule has 0 fully saturated rings. The lowest BCUT2D eigenvalue weighted by molar-refractivity contribution is 0.0600. The molecule has 1 aliphatic heterocycles. The van der Waals surface area contributed by atoms with E-state index in [-0.39, 0.29) is 11.3 Å². The number of allylic oxidation sites excluding steroid dienone is 1. The van der Waals surface area contributed by atoms with Crippen LogP contribution in [0.25, 0.3) is 5.70 Å². The number of nitrogen functional groups attached to an aromatic ring is 1. The average Bonchev–Trinajstić information content (AvgIpc) is 2.85. The van der Waals surface area contributed by atoms with Crippen LogP contribution in [0.1, 0.15) is 22.3 Å². The molecule has 0 saturated heterocycles. The minimum Gasteiger partial charge on any atom is -0.465 e. The topological polar surface area (TPSA) is 64.7 Å². The Labute approximate surface area is 97.6 Å². The number of anilines is 1. The third-order valence-corrected chi connectivity index (χ3v) is 2.47. The number of ether oxygens (including phenoxy) is 1. The smallest absolute Gasteiger partial charge is 0.337 e. The summed E-state index contributed by atoms with van der Waals surface area (Å²) in [7, 11) is 1.24. The molecule has 88 valence electrons. The van der Waals surface area contributed by atoms with Crippen LogP contribution in [-0.2, 0) is 4.74 Å². The Hall–Kier alpha value is -2.17. The Balaban J connectivity index is 2.54. The number of esters is 1. The fraction of sp³-hybridized carbons (Fsp3) is 0.167. The van der Waals surface area contributed by atoms with Crippen molar-refractivity contribution < 1.29 is 13.9 Å². The molecule has 1 aromatic carbocycles. The molecule has 2 N–H and O–H groups in total. The van der Waals surface area contributed by atoms with E-state index < -0.39 is 11.8 Å². The van der Waals surface area contributed by atoms with Crippen LogP contribution in [0.3, 0.4) is 0 Å². The monoisotopic (exact) mass is 234 g/mol. The predicted molar refractivity (Wildman–Crippen MR) is 63.2 cm³/mol. The van der Waals surface area contributed by atoms with Gasteiger partial charge in [0, 0.05) is 18.2 Å². The van der Waals surface area contributed by atoms with Crippen molar-refractivity contribution in [1.82, 2.24) is 0 Å². The average molecular weight is 234 g/mol. The van der Waals surface area contributed by atoms with E-state index in [4.69, 9.17) is 5.73 Å². The van der Waals surface area contributed by atoms with Gasteiger partial charge in [0.15, 0.2) is 0 Å². The van der Waals surface area contributed by atoms with Crippen molar-refractivity contribution in [2.24, 2.45) is 4.99 Å². The molecule has 0 radical (unpaired) electrons. The number of hydrogen-bond acceptors (Lipinski definition) is 4. The fourth-order valence-corrected chi connectivity index (χ4v) is 1.61. The summed E-state index contributed by atoms with van der Waals surface area (Å²) in [6, 6.07) is 2.54. The van der Waals surface area contributed by atoms with Gasteiger partial charge in [0.05, 0.1) is 24.1 Å². The van der Waals surface area contributed by atoms with Crippen LogP contribution in [0.15, 0.2) is 23.2 Å². The van der Waals surface area contributed by atoms with Crippen LogP contribution in [0.4, 0.5) is 10.1 Å². The van der Waals surface area contributed by atoms with Crippen molar-refractivity contribution in [3.05, 3.63) is 35.2 Å². The number of carbonyl (C=O) groups excluding carboxylic acids is 1. The minimum absolute atomic E-state index is 0.0112. The molecule has 0 saturated carbocycles. The van der Waals surface area contributed by atoms with Crippen LogP contribution in [0.5, 0.6) is 0 Å². The van der Waals surface area contributed by atoms with Gasteiger partial charge in [-0.1, -0.05) is 6.08 Å². The first kappa shape index (κ1) is 11.3. The number of benzene rings is 1. The van der Waals surface area contributed by atoms with Gasteiger partial charge in [-0.15, -0.1) is 0 Å². The van der Waals surface area contributed by atoms with E-state index in [1.807, 2.05) is 6.08 Å². The second kappa shape index (κ2) is 4.37. The molecular weight excluding hydrogens is 223 g/mol. The van der Waals surface area contributed by atoms with E-state index in [0.717, 1.165) is 6.07 Å². The molecule has 0 amide bonds. The molecule has 1 heterocycles. The molecule has 0 aliphatic carbocycles. The van der Waals surface area contributed by atoms with E-state index in [2.05, 4.69) is 9.73 Å². The highest BCUT2D eigenvalue weighted by molar-refractivity contribution is 5.93. The normalized spacial score (nSPS) is 13.6. The zero-order valence-corrected chi connectivity index (χ0v) is 9.24. The summed E-state index contributed by atoms with van der Waals surface area (Å²) in [5.74, 6) is -1.25. The molecule has 0 aromatic heterocycles. The molecule has 17 heavy (non-hydrogen) atoms. The van der Waals surface area contributed by atoms with E-state index >= 15 is 0 Å². The third kappa shape index (κ3) is 2.04. The maximum Gasteiger partial charge on any atom is 0.337 e. The zero-order valence-electron chi connectivity index (χ0n) is 9.24. The molecule has 4 nitrogen and oxygen atoms in total. The summed E-state index contributed by atoms with van der Waals surface area (Å²) in [5.41, 5.74) is 6.73. The lowest BCUT2D eigenvalue weighted by atomic mass is 10.1. The highest BCUT2D eigenvalue weighted by Gasteiger charge is 2.16. The predicted octanol–water partition coefficient (Wildman–Crippen LogP) is 2.01. The summed E-state index contributed by atoms with van der Waals surface area (Å²) >= 11 is 0. The minimum atomic E-state index is -0.647. The zero-order chi connectivity index (χ0) is 12.4. The second-order valence-electron chi connectivity index (χ2n) is 3.55. The quantitative estimate of drug-likeness (QED) is 0.628. The Bertz CT molecular complexity index is 536. The second-order valence-corrected chi connectivity index (χ2v) is 3.55. The molecule has 1 aliphatic rings. The number of aliphatic imine (C=N–C) groups is 1. The molecule has 0 bridgehead atoms. The lowest BCUT2D eigenvalue weighted by Gasteiger charge is -2.08. The van der Waals surface area contributed by atoms with Crippen molar-refractivity contribution >= 4 is 23.6 Å². The summed E-state index contributed by atoms with van der Waals surface area (Å²) in [6.45, 7) is 0. The van der Waals surface area contributed by atoms with Gasteiger partial charge in [0.1, 0.15) is 5.82 Å². The van der Waals surface area contributed by atoms with Crippen molar-refractivity contribution in [3.63, 3.8) is 0 Å². The van der Waals surface area contributed by atoms with Gasteiger partial charge in [0.25, 0.3) is 0 Å². The summed E-state index contributed by atoms with van der Waals surface area (Å²) in [4.78, 5) is 15.4. The van der Waals surface area contributed by atoms with Crippen molar-refractivity contribution in [1.29, 1.82) is 0 Å². The Morgan fingerprint density at radius 2 is 2.29 bits per heavy atom. The molecular formula is C12H11FN2O2. The Kier molecular flexibility index (Phi) is 2.91. The van der Waals surface area contributed by atoms with Crippen LogP contribution in [-0.4, -0.2) is 19.3 Å². The number of hydrogen-bond donors (Lipinski definition) is 1. The number of halogens is 1. The van der Waals surface area contributed by atoms with Crippen LogP contribution in [0, 0.1) is 5.82 Å². The summed E-state index contributed by atoms with van der Waals surface area (Å²) < 4.78 is 18.1. The van der Waals surface area contributed by atoms with E-state index in [1.165, 1.54) is 13.2 Å². The maximum atomic E-state index is 13.6. The van der Waals surface area contributed by atoms with Gasteiger partial charge >= 0.3 is 5.97 Å². The number of rotatable bonds is 2. The first-order valence-corrected chi connectivity index (χ1v) is 5.04. The lowest BCUT2D eigenvalue weighted by Crippen LogP contribution is -2.05. The van der Waals surface area contributed by atoms with E-state index in [1.54, 1.807) is 6.21 Å². The maximum absolute atomic E-state index is 13.6. The third-order valence-electron chi connectivity index (χ3n) is 2.47. The van der Waals surface area contributed by atoms with E-state index in [9.17, 15) is 9.18 Å². The largest absolute Gasteiger partial charge is 0.465 e. The first-order valence-electron chi connectivity index (χ1n) is 5.04. The van der Waals surface area contributed by atoms with Crippen LogP contribution >= 0.6 is 0 Å². The molecule has 1 aromatic rings. The highest BCUT2D eigenvalue weighted by Crippen LogP contribution is 2.29. The van der Waals surface area contributed by atoms with Crippen molar-refractivity contribution in [2.45, 2.75) is 6.42 Å². The number of nitrogens with zero attached hydrogens (tertiary/aromatic N) is 1. The highest BCUT2D eigenvalue weighted by atomic mass is 19.1. The van der Waals surface area contributed by atoms with Gasteiger partial charge in [-0.05, 0) is 12.1 Å². The van der Waals surface area contributed by atoms with Crippen LogP contribution in [0.2, 0.25) is 0 Å². The Morgan fingerprint density at radius 3 is 2.88 bits per heavy atom. The number of nitrogens with two attached hydrogens (primary N) is 1. The Morgan fingerprint density at radius 1 is 1.53 bits per heavy atom. The standard InChI is InChI=1S/C12H11FN2O2/c1-17-12(16)7-5-8(10-3-2-4-15-10)11(14)9(13)6-7/h3-6H,2,14H2,1H3. The van der Waals surface area contributed by atoms with Gasteiger partial charge in [-0.25, -0.2) is 9.18 Å². The molecule has 0 unspecified atom stereocenters. The van der Waals surface area contributed by atoms with Gasteiger partial charge in [0.2, 0.25) is 0 Å². The molecule has 5 heteroatoms. The molecule has 0 atom stereocenters. The number of methoxy groups -OCH3 is 1. The van der Waals surface area contributed by atoms with Crippen molar-refractivity contribution in [2.75, 3.05) is 12.8 Å².